The number of fused-ring (bicyclic) bond motifs is 1. The molecule has 132 valence electrons. The van der Waals surface area contributed by atoms with Gasteiger partial charge in [-0.15, -0.1) is 0 Å². The maximum absolute atomic E-state index is 13.5. The number of nitrogens with zero attached hydrogens (tertiary/aromatic N) is 4. The van der Waals surface area contributed by atoms with E-state index in [1.54, 1.807) is 23.0 Å². The number of pyridine rings is 2. The summed E-state index contributed by atoms with van der Waals surface area (Å²) in [6, 6.07) is 5.89. The Hall–Kier alpha value is -1.83. The summed E-state index contributed by atoms with van der Waals surface area (Å²) in [6.45, 7) is 7.93. The average molecular weight is 379 g/mol. The highest BCUT2D eigenvalue weighted by atomic mass is 35.5. The van der Waals surface area contributed by atoms with Gasteiger partial charge in [-0.2, -0.15) is 9.49 Å². The first-order chi connectivity index (χ1) is 11.8. The van der Waals surface area contributed by atoms with Gasteiger partial charge in [0.2, 0.25) is 5.95 Å². The summed E-state index contributed by atoms with van der Waals surface area (Å²) in [5.41, 5.74) is 2.07. The van der Waals surface area contributed by atoms with Crippen LogP contribution in [0.3, 0.4) is 0 Å². The molecule has 5 nitrogen and oxygen atoms in total. The minimum atomic E-state index is -1.14. The molecule has 0 fully saturated rings. The molecule has 0 radical (unpaired) electrons. The minimum Gasteiger partial charge on any atom is -0.360 e. The molecule has 0 saturated carbocycles. The fourth-order valence-corrected chi connectivity index (χ4v) is 3.35. The van der Waals surface area contributed by atoms with Crippen molar-refractivity contribution in [3.63, 3.8) is 0 Å². The molecular formula is C17H20ClFN4OSi. The molecule has 0 bridgehead atoms. The van der Waals surface area contributed by atoms with E-state index in [1.165, 1.54) is 12.3 Å². The Morgan fingerprint density at radius 3 is 2.76 bits per heavy atom. The van der Waals surface area contributed by atoms with Gasteiger partial charge in [-0.3, -0.25) is 0 Å². The van der Waals surface area contributed by atoms with Crippen molar-refractivity contribution < 1.29 is 9.13 Å². The molecular weight excluding hydrogens is 359 g/mol. The van der Waals surface area contributed by atoms with Crippen molar-refractivity contribution in [3.05, 3.63) is 41.7 Å². The molecule has 0 saturated heterocycles. The Kier molecular flexibility index (Phi) is 5.17. The van der Waals surface area contributed by atoms with Gasteiger partial charge < -0.3 is 4.74 Å². The lowest BCUT2D eigenvalue weighted by atomic mass is 10.1. The average Bonchev–Trinajstić information content (AvgIpc) is 2.88. The fourth-order valence-electron chi connectivity index (χ4n) is 2.44. The monoisotopic (exact) mass is 378 g/mol. The number of ether oxygens (including phenoxy) is 1. The summed E-state index contributed by atoms with van der Waals surface area (Å²) in [7, 11) is -1.14. The Morgan fingerprint density at radius 2 is 2.04 bits per heavy atom. The van der Waals surface area contributed by atoms with Gasteiger partial charge in [0, 0.05) is 37.9 Å². The van der Waals surface area contributed by atoms with Crippen LogP contribution in [0.1, 0.15) is 0 Å². The Balaban J connectivity index is 1.92. The number of aromatic nitrogens is 4. The van der Waals surface area contributed by atoms with Crippen molar-refractivity contribution in [3.8, 4) is 11.3 Å². The summed E-state index contributed by atoms with van der Waals surface area (Å²) >= 11 is 6.03. The molecule has 0 aliphatic heterocycles. The van der Waals surface area contributed by atoms with Crippen molar-refractivity contribution in [2.45, 2.75) is 32.4 Å². The van der Waals surface area contributed by atoms with Crippen LogP contribution in [-0.2, 0) is 11.5 Å². The predicted molar refractivity (Wildman–Crippen MR) is 99.8 cm³/mol. The van der Waals surface area contributed by atoms with E-state index in [-0.39, 0.29) is 0 Å². The maximum atomic E-state index is 13.5. The number of hydrogen-bond donors (Lipinski definition) is 0. The van der Waals surface area contributed by atoms with Gasteiger partial charge in [-0.25, -0.2) is 14.6 Å². The molecule has 0 unspecified atom stereocenters. The molecule has 0 atom stereocenters. The van der Waals surface area contributed by atoms with Crippen LogP contribution in [0.4, 0.5) is 4.39 Å². The van der Waals surface area contributed by atoms with Crippen molar-refractivity contribution in [2.75, 3.05) is 6.61 Å². The molecule has 0 amide bonds. The van der Waals surface area contributed by atoms with Crippen LogP contribution in [0.5, 0.6) is 0 Å². The predicted octanol–water partition coefficient (Wildman–Crippen LogP) is 4.60. The van der Waals surface area contributed by atoms with E-state index in [4.69, 9.17) is 16.3 Å². The Morgan fingerprint density at radius 1 is 1.24 bits per heavy atom. The number of hydrogen-bond acceptors (Lipinski definition) is 4. The van der Waals surface area contributed by atoms with Gasteiger partial charge in [0.25, 0.3) is 0 Å². The normalized spacial score (nSPS) is 12.0. The van der Waals surface area contributed by atoms with Crippen LogP contribution in [-0.4, -0.2) is 34.4 Å². The second-order valence-corrected chi connectivity index (χ2v) is 13.1. The van der Waals surface area contributed by atoms with Crippen molar-refractivity contribution in [2.24, 2.45) is 0 Å². The molecule has 0 aromatic carbocycles. The van der Waals surface area contributed by atoms with Crippen LogP contribution < -0.4 is 0 Å². The fraction of sp³-hybridized carbons (Fsp3) is 0.353. The van der Waals surface area contributed by atoms with Crippen LogP contribution >= 0.6 is 11.6 Å². The van der Waals surface area contributed by atoms with Gasteiger partial charge in [0.1, 0.15) is 17.6 Å². The van der Waals surface area contributed by atoms with E-state index >= 15 is 0 Å². The van der Waals surface area contributed by atoms with E-state index in [2.05, 4.69) is 34.7 Å². The molecule has 3 aromatic heterocycles. The molecule has 3 aromatic rings. The first-order valence-corrected chi connectivity index (χ1v) is 12.1. The number of halogens is 2. The van der Waals surface area contributed by atoms with Crippen LogP contribution in [0, 0.1) is 5.95 Å². The zero-order valence-electron chi connectivity index (χ0n) is 14.5. The van der Waals surface area contributed by atoms with E-state index in [0.717, 1.165) is 16.9 Å². The van der Waals surface area contributed by atoms with E-state index < -0.39 is 14.0 Å². The van der Waals surface area contributed by atoms with Crippen molar-refractivity contribution >= 4 is 30.6 Å². The second kappa shape index (κ2) is 7.19. The smallest absolute Gasteiger partial charge is 0.213 e. The Bertz CT molecular complexity index is 894. The Labute approximate surface area is 151 Å². The lowest BCUT2D eigenvalue weighted by Gasteiger charge is -2.15. The summed E-state index contributed by atoms with van der Waals surface area (Å²) < 4.78 is 21.0. The molecule has 0 spiro atoms. The van der Waals surface area contributed by atoms with Crippen LogP contribution in [0.15, 0.2) is 30.6 Å². The van der Waals surface area contributed by atoms with Crippen molar-refractivity contribution in [1.82, 2.24) is 19.7 Å². The first-order valence-electron chi connectivity index (χ1n) is 8.05. The molecule has 3 rings (SSSR count). The molecule has 0 aliphatic rings. The maximum Gasteiger partial charge on any atom is 0.213 e. The number of rotatable bonds is 6. The third-order valence-corrected chi connectivity index (χ3v) is 5.72. The van der Waals surface area contributed by atoms with E-state index in [0.29, 0.717) is 29.7 Å². The molecule has 8 heteroatoms. The minimum absolute atomic E-state index is 0.317. The SMILES string of the molecule is C[Si](C)(C)CCOCn1nc(-c2ccnc(F)c2)c2cc(Cl)ncc21. The highest BCUT2D eigenvalue weighted by Gasteiger charge is 2.16. The lowest BCUT2D eigenvalue weighted by molar-refractivity contribution is 0.0818. The lowest BCUT2D eigenvalue weighted by Crippen LogP contribution is -2.22. The third-order valence-electron chi connectivity index (χ3n) is 3.81. The van der Waals surface area contributed by atoms with E-state index in [1.807, 2.05) is 0 Å². The van der Waals surface area contributed by atoms with Crippen molar-refractivity contribution in [1.29, 1.82) is 0 Å². The van der Waals surface area contributed by atoms with Gasteiger partial charge >= 0.3 is 0 Å². The van der Waals surface area contributed by atoms with Gasteiger partial charge in [0.15, 0.2) is 0 Å². The highest BCUT2D eigenvalue weighted by molar-refractivity contribution is 6.76. The quantitative estimate of drug-likeness (QED) is 0.357. The first kappa shape index (κ1) is 18.0. The zero-order chi connectivity index (χ0) is 18.0. The van der Waals surface area contributed by atoms with Gasteiger partial charge in [-0.1, -0.05) is 31.2 Å². The topological polar surface area (TPSA) is 52.8 Å². The molecule has 25 heavy (non-hydrogen) atoms. The van der Waals surface area contributed by atoms with Gasteiger partial charge in [0.05, 0.1) is 11.7 Å². The molecule has 3 heterocycles. The van der Waals surface area contributed by atoms with Crippen LogP contribution in [0.2, 0.25) is 30.8 Å². The van der Waals surface area contributed by atoms with Crippen LogP contribution in [0.25, 0.3) is 22.2 Å². The summed E-state index contributed by atoms with van der Waals surface area (Å²) in [5, 5.41) is 5.75. The summed E-state index contributed by atoms with van der Waals surface area (Å²) in [6.07, 6.45) is 3.08. The second-order valence-electron chi connectivity index (χ2n) is 7.09. The third kappa shape index (κ3) is 4.42. The standard InChI is InChI=1S/C17H20ClFN4OSi/c1-25(2,3)7-6-24-11-23-14-10-21-15(18)9-13(14)17(22-23)12-4-5-20-16(19)8-12/h4-5,8-10H,6-7,11H2,1-3H3. The summed E-state index contributed by atoms with van der Waals surface area (Å²) in [5.74, 6) is -0.549. The largest absolute Gasteiger partial charge is 0.360 e. The summed E-state index contributed by atoms with van der Waals surface area (Å²) in [4.78, 5) is 7.72. The molecule has 0 N–H and O–H groups in total. The molecule has 0 aliphatic carbocycles. The van der Waals surface area contributed by atoms with E-state index in [9.17, 15) is 4.39 Å². The zero-order valence-corrected chi connectivity index (χ0v) is 16.2. The van der Waals surface area contributed by atoms with Gasteiger partial charge in [-0.05, 0) is 18.2 Å². The highest BCUT2D eigenvalue weighted by Crippen LogP contribution is 2.29.